The van der Waals surface area contributed by atoms with Crippen LogP contribution in [0.15, 0.2) is 51.7 Å². The maximum atomic E-state index is 13.5. The van der Waals surface area contributed by atoms with Crippen LogP contribution in [0.5, 0.6) is 0 Å². The number of nitrogens with zero attached hydrogens (tertiary/aromatic N) is 2. The van der Waals surface area contributed by atoms with Crippen molar-refractivity contribution in [2.75, 3.05) is 18.0 Å². The minimum absolute atomic E-state index is 0.0242. The average Bonchev–Trinajstić information content (AvgIpc) is 3.35. The van der Waals surface area contributed by atoms with Crippen molar-refractivity contribution >= 4 is 28.6 Å². The molecule has 2 heterocycles. The van der Waals surface area contributed by atoms with Crippen LogP contribution in [0, 0.1) is 5.92 Å². The van der Waals surface area contributed by atoms with Crippen molar-refractivity contribution in [1.29, 1.82) is 0 Å². The molecular weight excluding hydrogens is 408 g/mol. The lowest BCUT2D eigenvalue weighted by Crippen LogP contribution is -2.52. The second-order valence-corrected chi connectivity index (χ2v) is 8.67. The maximum absolute atomic E-state index is 13.5. The first-order valence-corrected chi connectivity index (χ1v) is 11.1. The number of likely N-dealkylation sites (tertiary alicyclic amines) is 1. The number of carbonyl (C=O) groups is 2. The number of fused-ring (bicyclic) bond motifs is 1. The first-order valence-electron chi connectivity index (χ1n) is 11.1. The Balaban J connectivity index is 1.57. The zero-order valence-corrected chi connectivity index (χ0v) is 17.8. The summed E-state index contributed by atoms with van der Waals surface area (Å²) in [7, 11) is 0. The number of anilines is 1. The molecule has 0 bridgehead atoms. The van der Waals surface area contributed by atoms with E-state index in [4.69, 9.17) is 10.2 Å². The van der Waals surface area contributed by atoms with Gasteiger partial charge in [0.1, 0.15) is 0 Å². The van der Waals surface area contributed by atoms with Gasteiger partial charge in [0.25, 0.3) is 0 Å². The summed E-state index contributed by atoms with van der Waals surface area (Å²) in [5.74, 6) is -0.865. The normalized spacial score (nSPS) is 17.5. The van der Waals surface area contributed by atoms with Crippen LogP contribution < -0.4 is 16.4 Å². The fraction of sp³-hybridized carbons (Fsp3) is 0.375. The van der Waals surface area contributed by atoms with Gasteiger partial charge in [0.15, 0.2) is 5.58 Å². The van der Waals surface area contributed by atoms with Gasteiger partial charge in [0, 0.05) is 36.7 Å². The molecule has 1 aliphatic carbocycles. The van der Waals surface area contributed by atoms with Crippen molar-refractivity contribution in [3.63, 3.8) is 0 Å². The number of aromatic amines is 1. The lowest BCUT2D eigenvalue weighted by atomic mass is 10.0. The fourth-order valence-electron chi connectivity index (χ4n) is 4.55. The molecule has 2 aromatic carbocycles. The number of aromatic nitrogens is 1. The highest BCUT2D eigenvalue weighted by Gasteiger charge is 2.39. The van der Waals surface area contributed by atoms with Gasteiger partial charge in [-0.3, -0.25) is 24.4 Å². The summed E-state index contributed by atoms with van der Waals surface area (Å²) in [6, 6.07) is 12.7. The van der Waals surface area contributed by atoms with E-state index in [1.54, 1.807) is 12.1 Å². The van der Waals surface area contributed by atoms with Gasteiger partial charge in [-0.2, -0.15) is 0 Å². The number of nitrogens with two attached hydrogens (primary N) is 1. The van der Waals surface area contributed by atoms with E-state index in [0.717, 1.165) is 50.0 Å². The van der Waals surface area contributed by atoms with E-state index in [0.29, 0.717) is 23.1 Å². The van der Waals surface area contributed by atoms with Crippen LogP contribution in [0.4, 0.5) is 5.69 Å². The van der Waals surface area contributed by atoms with Crippen LogP contribution in [-0.4, -0.2) is 41.0 Å². The van der Waals surface area contributed by atoms with Gasteiger partial charge < -0.3 is 10.2 Å². The summed E-state index contributed by atoms with van der Waals surface area (Å²) < 4.78 is 5.15. The van der Waals surface area contributed by atoms with Gasteiger partial charge in [-0.15, -0.1) is 0 Å². The third-order valence-electron chi connectivity index (χ3n) is 6.33. The molecule has 1 unspecified atom stereocenters. The fourth-order valence-corrected chi connectivity index (χ4v) is 4.55. The van der Waals surface area contributed by atoms with Crippen molar-refractivity contribution in [2.45, 2.75) is 38.3 Å². The number of primary amides is 1. The number of nitrogens with one attached hydrogen (secondary N) is 1. The standard InChI is InChI=1S/C24H26N4O4/c25-22(29)17-5-3-4-15(12-17)13-21(27-10-1-2-11-27)28(23(30)16-6-7-16)18-8-9-20-19(14-18)26-24(31)32-20/h3-5,8-9,12,14,16,21H,1-2,6-7,10-11,13H2,(H2,25,29)(H,26,31). The third-order valence-corrected chi connectivity index (χ3v) is 6.33. The maximum Gasteiger partial charge on any atom is 0.417 e. The van der Waals surface area contributed by atoms with E-state index < -0.39 is 11.7 Å². The van der Waals surface area contributed by atoms with Gasteiger partial charge in [-0.05, 0) is 61.6 Å². The molecule has 166 valence electrons. The largest absolute Gasteiger partial charge is 0.417 e. The molecule has 3 aromatic rings. The van der Waals surface area contributed by atoms with Crippen molar-refractivity contribution < 1.29 is 14.0 Å². The number of carbonyl (C=O) groups excluding carboxylic acids is 2. The topological polar surface area (TPSA) is 113 Å². The molecular formula is C24H26N4O4. The summed E-state index contributed by atoms with van der Waals surface area (Å²) in [6.07, 6.45) is 4.31. The molecule has 0 radical (unpaired) electrons. The summed E-state index contributed by atoms with van der Waals surface area (Å²) in [5.41, 5.74) is 8.65. The van der Waals surface area contributed by atoms with Gasteiger partial charge in [-0.1, -0.05) is 12.1 Å². The van der Waals surface area contributed by atoms with Gasteiger partial charge >= 0.3 is 5.76 Å². The monoisotopic (exact) mass is 434 g/mol. The predicted octanol–water partition coefficient (Wildman–Crippen LogP) is 2.63. The van der Waals surface area contributed by atoms with E-state index in [1.807, 2.05) is 35.2 Å². The van der Waals surface area contributed by atoms with Crippen LogP contribution in [-0.2, 0) is 11.2 Å². The van der Waals surface area contributed by atoms with Crippen LogP contribution in [0.2, 0.25) is 0 Å². The molecule has 3 N–H and O–H groups in total. The predicted molar refractivity (Wildman–Crippen MR) is 120 cm³/mol. The molecule has 2 aliphatic rings. The SMILES string of the molecule is NC(=O)c1cccc(CC(N2CCCC2)N(C(=O)C2CC2)c2ccc3oc(=O)[nH]c3c2)c1. The molecule has 2 fully saturated rings. The van der Waals surface area contributed by atoms with Gasteiger partial charge in [0.2, 0.25) is 11.8 Å². The van der Waals surface area contributed by atoms with E-state index in [1.165, 1.54) is 0 Å². The average molecular weight is 434 g/mol. The second-order valence-electron chi connectivity index (χ2n) is 8.67. The Morgan fingerprint density at radius 3 is 2.66 bits per heavy atom. The van der Waals surface area contributed by atoms with Crippen molar-refractivity contribution in [3.05, 3.63) is 64.1 Å². The first-order chi connectivity index (χ1) is 15.5. The van der Waals surface area contributed by atoms with Gasteiger partial charge in [-0.25, -0.2) is 4.79 Å². The quantitative estimate of drug-likeness (QED) is 0.594. The van der Waals surface area contributed by atoms with E-state index in [9.17, 15) is 14.4 Å². The highest BCUT2D eigenvalue weighted by Crippen LogP contribution is 2.36. The zero-order chi connectivity index (χ0) is 22.2. The molecule has 1 saturated carbocycles. The Morgan fingerprint density at radius 2 is 1.94 bits per heavy atom. The Labute approximate surface area is 185 Å². The second kappa shape index (κ2) is 8.27. The van der Waals surface area contributed by atoms with E-state index in [2.05, 4.69) is 9.88 Å². The molecule has 0 spiro atoms. The highest BCUT2D eigenvalue weighted by molar-refractivity contribution is 5.98. The minimum atomic E-state index is -0.517. The summed E-state index contributed by atoms with van der Waals surface area (Å²) in [6.45, 7) is 1.80. The Morgan fingerprint density at radius 1 is 1.16 bits per heavy atom. The Hall–Kier alpha value is -3.39. The molecule has 1 atom stereocenters. The van der Waals surface area contributed by atoms with Crippen LogP contribution in [0.3, 0.4) is 0 Å². The summed E-state index contributed by atoms with van der Waals surface area (Å²) >= 11 is 0. The molecule has 1 aromatic heterocycles. The number of hydrogen-bond donors (Lipinski definition) is 2. The number of oxazole rings is 1. The zero-order valence-electron chi connectivity index (χ0n) is 17.8. The highest BCUT2D eigenvalue weighted by atomic mass is 16.4. The number of rotatable bonds is 7. The van der Waals surface area contributed by atoms with E-state index >= 15 is 0 Å². The summed E-state index contributed by atoms with van der Waals surface area (Å²) in [5, 5.41) is 0. The smallest absolute Gasteiger partial charge is 0.408 e. The lowest BCUT2D eigenvalue weighted by molar-refractivity contribution is -0.121. The number of benzene rings is 2. The molecule has 1 saturated heterocycles. The molecule has 8 nitrogen and oxygen atoms in total. The third kappa shape index (κ3) is 4.05. The van der Waals surface area contributed by atoms with Crippen molar-refractivity contribution in [3.8, 4) is 0 Å². The van der Waals surface area contributed by atoms with Crippen molar-refractivity contribution in [2.24, 2.45) is 11.7 Å². The molecule has 8 heteroatoms. The number of hydrogen-bond acceptors (Lipinski definition) is 5. The molecule has 2 amide bonds. The molecule has 5 rings (SSSR count). The van der Waals surface area contributed by atoms with E-state index in [-0.39, 0.29) is 18.0 Å². The van der Waals surface area contributed by atoms with Crippen LogP contribution in [0.25, 0.3) is 11.1 Å². The molecule has 32 heavy (non-hydrogen) atoms. The van der Waals surface area contributed by atoms with Crippen LogP contribution >= 0.6 is 0 Å². The first kappa shape index (κ1) is 20.5. The minimum Gasteiger partial charge on any atom is -0.408 e. The van der Waals surface area contributed by atoms with Gasteiger partial charge in [0.05, 0.1) is 11.7 Å². The van der Waals surface area contributed by atoms with Crippen LogP contribution in [0.1, 0.15) is 41.6 Å². The number of amides is 2. The Bertz CT molecular complexity index is 1220. The Kier molecular flexibility index (Phi) is 5.30. The lowest BCUT2D eigenvalue weighted by Gasteiger charge is -2.38. The summed E-state index contributed by atoms with van der Waals surface area (Å²) in [4.78, 5) is 43.8. The molecule has 1 aliphatic heterocycles. The van der Waals surface area contributed by atoms with Crippen molar-refractivity contribution in [1.82, 2.24) is 9.88 Å². The number of H-pyrrole nitrogens is 1.